The first-order valence-corrected chi connectivity index (χ1v) is 7.58. The molecule has 0 aliphatic carbocycles. The van der Waals surface area contributed by atoms with Gasteiger partial charge in [-0.1, -0.05) is 28.9 Å². The fourth-order valence-electron chi connectivity index (χ4n) is 1.79. The molecule has 1 aromatic carbocycles. The van der Waals surface area contributed by atoms with E-state index in [4.69, 9.17) is 4.74 Å². The highest BCUT2D eigenvalue weighted by Crippen LogP contribution is 2.25. The van der Waals surface area contributed by atoms with E-state index in [2.05, 4.69) is 33.2 Å². The van der Waals surface area contributed by atoms with Gasteiger partial charge in [-0.2, -0.15) is 0 Å². The van der Waals surface area contributed by atoms with Crippen LogP contribution in [-0.2, 0) is 6.54 Å². The highest BCUT2D eigenvalue weighted by atomic mass is 79.9. The Kier molecular flexibility index (Phi) is 5.56. The number of rotatable bonds is 6. The minimum absolute atomic E-state index is 0.617. The van der Waals surface area contributed by atoms with Crippen molar-refractivity contribution >= 4 is 15.9 Å². The summed E-state index contributed by atoms with van der Waals surface area (Å²) in [5.74, 6) is 1.42. The molecule has 0 atom stereocenters. The van der Waals surface area contributed by atoms with Gasteiger partial charge < -0.3 is 10.1 Å². The fraction of sp³-hybridized carbons (Fsp3) is 0.312. The molecule has 0 bridgehead atoms. The maximum Gasteiger partial charge on any atom is 0.219 e. The molecule has 0 saturated carbocycles. The molecule has 0 amide bonds. The summed E-state index contributed by atoms with van der Waals surface area (Å²) < 4.78 is 6.82. The Labute approximate surface area is 128 Å². The Hall–Kier alpha value is -1.39. The van der Waals surface area contributed by atoms with Crippen molar-refractivity contribution in [2.45, 2.75) is 26.8 Å². The Bertz CT molecular complexity index is 555. The van der Waals surface area contributed by atoms with Gasteiger partial charge in [-0.3, -0.25) is 0 Å². The van der Waals surface area contributed by atoms with Crippen molar-refractivity contribution in [1.29, 1.82) is 0 Å². The summed E-state index contributed by atoms with van der Waals surface area (Å²) >= 11 is 3.48. The maximum atomic E-state index is 5.74. The third-order valence-corrected chi connectivity index (χ3v) is 3.80. The van der Waals surface area contributed by atoms with Crippen LogP contribution in [0.3, 0.4) is 0 Å². The second kappa shape index (κ2) is 7.41. The summed E-state index contributed by atoms with van der Waals surface area (Å²) in [6, 6.07) is 9.84. The molecule has 2 rings (SSSR count). The highest BCUT2D eigenvalue weighted by Gasteiger charge is 2.01. The molecule has 0 unspecified atom stereocenters. The van der Waals surface area contributed by atoms with Crippen LogP contribution < -0.4 is 10.1 Å². The standard InChI is InChI=1S/C16H19BrN2O/c1-3-8-18-10-13-4-7-16(19-11-13)20-14-5-6-15(17)12(2)9-14/h4-7,9,11,18H,3,8,10H2,1-2H3. The third-order valence-electron chi connectivity index (χ3n) is 2.91. The lowest BCUT2D eigenvalue weighted by molar-refractivity contribution is 0.462. The lowest BCUT2D eigenvalue weighted by Gasteiger charge is -2.07. The van der Waals surface area contributed by atoms with E-state index in [-0.39, 0.29) is 0 Å². The predicted molar refractivity (Wildman–Crippen MR) is 85.2 cm³/mol. The summed E-state index contributed by atoms with van der Waals surface area (Å²) in [6.45, 7) is 6.06. The minimum atomic E-state index is 0.617. The van der Waals surface area contributed by atoms with Gasteiger partial charge in [0, 0.05) is 23.3 Å². The maximum absolute atomic E-state index is 5.74. The average molecular weight is 335 g/mol. The van der Waals surface area contributed by atoms with E-state index in [9.17, 15) is 0 Å². The molecule has 20 heavy (non-hydrogen) atoms. The quantitative estimate of drug-likeness (QED) is 0.792. The van der Waals surface area contributed by atoms with Crippen molar-refractivity contribution < 1.29 is 4.74 Å². The van der Waals surface area contributed by atoms with E-state index in [1.165, 1.54) is 0 Å². The number of nitrogens with one attached hydrogen (secondary N) is 1. The molecule has 1 aromatic heterocycles. The molecule has 0 spiro atoms. The number of ether oxygens (including phenoxy) is 1. The first-order valence-electron chi connectivity index (χ1n) is 6.78. The van der Waals surface area contributed by atoms with Crippen molar-refractivity contribution in [2.24, 2.45) is 0 Å². The van der Waals surface area contributed by atoms with Gasteiger partial charge in [0.2, 0.25) is 5.88 Å². The van der Waals surface area contributed by atoms with Gasteiger partial charge >= 0.3 is 0 Å². The molecule has 1 heterocycles. The van der Waals surface area contributed by atoms with E-state index in [1.807, 2.05) is 43.5 Å². The number of hydrogen-bond donors (Lipinski definition) is 1. The molecule has 3 nitrogen and oxygen atoms in total. The molecule has 0 aliphatic heterocycles. The second-order valence-electron chi connectivity index (χ2n) is 4.69. The van der Waals surface area contributed by atoms with E-state index in [0.717, 1.165) is 40.9 Å². The number of aromatic nitrogens is 1. The Morgan fingerprint density at radius 2 is 2.10 bits per heavy atom. The Morgan fingerprint density at radius 1 is 1.25 bits per heavy atom. The third kappa shape index (κ3) is 4.32. The van der Waals surface area contributed by atoms with Crippen LogP contribution in [0.2, 0.25) is 0 Å². The Morgan fingerprint density at radius 3 is 2.75 bits per heavy atom. The first-order chi connectivity index (χ1) is 9.69. The molecular weight excluding hydrogens is 316 g/mol. The monoisotopic (exact) mass is 334 g/mol. The summed E-state index contributed by atoms with van der Waals surface area (Å²) in [4.78, 5) is 4.33. The van der Waals surface area contributed by atoms with Crippen molar-refractivity contribution in [3.63, 3.8) is 0 Å². The van der Waals surface area contributed by atoms with Gasteiger partial charge in [-0.25, -0.2) is 4.98 Å². The van der Waals surface area contributed by atoms with Crippen LogP contribution in [0.1, 0.15) is 24.5 Å². The van der Waals surface area contributed by atoms with Crippen LogP contribution in [0, 0.1) is 6.92 Å². The van der Waals surface area contributed by atoms with Crippen LogP contribution in [0.4, 0.5) is 0 Å². The molecule has 4 heteroatoms. The molecule has 0 fully saturated rings. The molecular formula is C16H19BrN2O. The number of hydrogen-bond acceptors (Lipinski definition) is 3. The summed E-state index contributed by atoms with van der Waals surface area (Å²) in [5.41, 5.74) is 2.31. The van der Waals surface area contributed by atoms with Crippen LogP contribution in [0.5, 0.6) is 11.6 Å². The average Bonchev–Trinajstić information content (AvgIpc) is 2.45. The molecule has 0 saturated heterocycles. The molecule has 1 N–H and O–H groups in total. The van der Waals surface area contributed by atoms with E-state index >= 15 is 0 Å². The smallest absolute Gasteiger partial charge is 0.219 e. The highest BCUT2D eigenvalue weighted by molar-refractivity contribution is 9.10. The molecule has 106 valence electrons. The van der Waals surface area contributed by atoms with Crippen LogP contribution in [-0.4, -0.2) is 11.5 Å². The SMILES string of the molecule is CCCNCc1ccc(Oc2ccc(Br)c(C)c2)nc1. The number of aryl methyl sites for hydroxylation is 1. The van der Waals surface area contributed by atoms with Crippen molar-refractivity contribution in [1.82, 2.24) is 10.3 Å². The van der Waals surface area contributed by atoms with Gasteiger partial charge in [-0.05, 0) is 49.2 Å². The van der Waals surface area contributed by atoms with Gasteiger partial charge in [0.25, 0.3) is 0 Å². The summed E-state index contributed by atoms with van der Waals surface area (Å²) in [7, 11) is 0. The first kappa shape index (κ1) is 15.0. The minimum Gasteiger partial charge on any atom is -0.439 e. The topological polar surface area (TPSA) is 34.1 Å². The summed E-state index contributed by atoms with van der Waals surface area (Å²) in [6.07, 6.45) is 2.99. The summed E-state index contributed by atoms with van der Waals surface area (Å²) in [5, 5.41) is 3.35. The normalized spacial score (nSPS) is 10.6. The largest absolute Gasteiger partial charge is 0.439 e. The van der Waals surface area contributed by atoms with Crippen LogP contribution in [0.25, 0.3) is 0 Å². The zero-order valence-corrected chi connectivity index (χ0v) is 13.4. The van der Waals surface area contributed by atoms with Gasteiger partial charge in [-0.15, -0.1) is 0 Å². The van der Waals surface area contributed by atoms with Crippen molar-refractivity contribution in [3.05, 3.63) is 52.1 Å². The molecule has 0 aliphatic rings. The molecule has 0 radical (unpaired) electrons. The number of nitrogens with zero attached hydrogens (tertiary/aromatic N) is 1. The van der Waals surface area contributed by atoms with Gasteiger partial charge in [0.15, 0.2) is 0 Å². The van der Waals surface area contributed by atoms with Gasteiger partial charge in [0.1, 0.15) is 5.75 Å². The second-order valence-corrected chi connectivity index (χ2v) is 5.55. The van der Waals surface area contributed by atoms with Gasteiger partial charge in [0.05, 0.1) is 0 Å². The number of halogens is 1. The number of benzene rings is 1. The lowest BCUT2D eigenvalue weighted by atomic mass is 10.2. The van der Waals surface area contributed by atoms with Crippen molar-refractivity contribution in [3.8, 4) is 11.6 Å². The fourth-order valence-corrected chi connectivity index (χ4v) is 2.03. The zero-order valence-electron chi connectivity index (χ0n) is 11.8. The predicted octanol–water partition coefficient (Wildman–Crippen LogP) is 4.44. The van der Waals surface area contributed by atoms with E-state index < -0.39 is 0 Å². The van der Waals surface area contributed by atoms with Crippen molar-refractivity contribution in [2.75, 3.05) is 6.54 Å². The lowest BCUT2D eigenvalue weighted by Crippen LogP contribution is -2.13. The van der Waals surface area contributed by atoms with Crippen LogP contribution in [0.15, 0.2) is 41.0 Å². The van der Waals surface area contributed by atoms with E-state index in [1.54, 1.807) is 0 Å². The van der Waals surface area contributed by atoms with E-state index in [0.29, 0.717) is 5.88 Å². The Balaban J connectivity index is 1.97. The zero-order chi connectivity index (χ0) is 14.4. The van der Waals surface area contributed by atoms with Crippen LogP contribution >= 0.6 is 15.9 Å². The number of pyridine rings is 1. The molecule has 2 aromatic rings.